The molecule has 1 aliphatic carbocycles. The first-order valence-electron chi connectivity index (χ1n) is 23.3. The van der Waals surface area contributed by atoms with Gasteiger partial charge in [-0.1, -0.05) is 37.1 Å². The number of anilines is 4. The second kappa shape index (κ2) is 16.1. The van der Waals surface area contributed by atoms with Gasteiger partial charge in [-0.2, -0.15) is 4.98 Å². The first-order chi connectivity index (χ1) is 31.8. The van der Waals surface area contributed by atoms with E-state index in [0.717, 1.165) is 88.3 Å². The van der Waals surface area contributed by atoms with Gasteiger partial charge >= 0.3 is 0 Å². The van der Waals surface area contributed by atoms with E-state index < -0.39 is 17.6 Å². The van der Waals surface area contributed by atoms with Crippen molar-refractivity contribution in [1.82, 2.24) is 34.6 Å². The number of Topliss-reactive ketones (excluding diaryl/α,β-unsaturated/α-hetero) is 1. The Labute approximate surface area is 382 Å². The van der Waals surface area contributed by atoms with E-state index in [1.54, 1.807) is 28.7 Å². The molecule has 11 rings (SSSR count). The van der Waals surface area contributed by atoms with Crippen LogP contribution in [0.5, 0.6) is 0 Å². The molecule has 1 atom stereocenters. The molecule has 16 nitrogen and oxygen atoms in total. The molecule has 5 fully saturated rings. The highest BCUT2D eigenvalue weighted by molar-refractivity contribution is 6.05. The minimum Gasteiger partial charge on any atom is -0.385 e. The second-order valence-corrected chi connectivity index (χ2v) is 19.6. The van der Waals surface area contributed by atoms with Crippen LogP contribution in [0.3, 0.4) is 0 Å². The van der Waals surface area contributed by atoms with Crippen LogP contribution in [0.2, 0.25) is 0 Å². The standard InChI is InChI=1S/C50H54N10O6/c1-30-39-23-52-48(55-44(39)60(36-5-3-4-6-36)47(65)43(30)31(2)61)53-41-15-12-37(22-51-41)58-28-49(29-58)26-57(27-49)35-10-7-32(8-11-35)24-56-19-17-50(66,18-20-56)34-9-13-38-33(21-34)25-59(46(38)64)40-14-16-42(62)54-45(40)63/h7-13,15,21-23,36,40,66H,3-6,14,16-20,24-29H2,1-2H3,(H,54,62,63)(H,51,52,53,55). The first-order valence-corrected chi connectivity index (χ1v) is 23.3. The summed E-state index contributed by atoms with van der Waals surface area (Å²) >= 11 is 0. The molecule has 1 unspecified atom stereocenters. The van der Waals surface area contributed by atoms with Gasteiger partial charge in [-0.05, 0) is 98.5 Å². The van der Waals surface area contributed by atoms with Crippen LogP contribution in [-0.2, 0) is 28.3 Å². The number of carbonyl (C=O) groups excluding carboxylic acids is 4. The number of hydrogen-bond donors (Lipinski definition) is 3. The van der Waals surface area contributed by atoms with Crippen molar-refractivity contribution in [1.29, 1.82) is 0 Å². The number of carbonyl (C=O) groups is 4. The van der Waals surface area contributed by atoms with Crippen LogP contribution in [0.15, 0.2) is 71.8 Å². The van der Waals surface area contributed by atoms with E-state index in [-0.39, 0.29) is 46.6 Å². The number of ketones is 1. The molecule has 1 saturated carbocycles. The Balaban J connectivity index is 0.655. The topological polar surface area (TPSA) is 186 Å². The highest BCUT2D eigenvalue weighted by atomic mass is 16.3. The van der Waals surface area contributed by atoms with Crippen molar-refractivity contribution >= 4 is 57.7 Å². The van der Waals surface area contributed by atoms with Crippen molar-refractivity contribution in [3.8, 4) is 0 Å². The number of fused-ring (bicyclic) bond motifs is 2. The van der Waals surface area contributed by atoms with Crippen molar-refractivity contribution in [2.75, 3.05) is 54.4 Å². The number of imide groups is 1. The summed E-state index contributed by atoms with van der Waals surface area (Å²) in [4.78, 5) is 86.2. The zero-order valence-electron chi connectivity index (χ0n) is 37.4. The number of aromatic nitrogens is 4. The van der Waals surface area contributed by atoms with Crippen molar-refractivity contribution < 1.29 is 24.3 Å². The first kappa shape index (κ1) is 42.1. The van der Waals surface area contributed by atoms with Gasteiger partial charge in [-0.15, -0.1) is 0 Å². The summed E-state index contributed by atoms with van der Waals surface area (Å²) in [7, 11) is 0. The summed E-state index contributed by atoms with van der Waals surface area (Å²) in [5.41, 5.74) is 6.07. The van der Waals surface area contributed by atoms with E-state index in [9.17, 15) is 29.1 Å². The quantitative estimate of drug-likeness (QED) is 0.124. The minimum absolute atomic E-state index is 0.0113. The van der Waals surface area contributed by atoms with Crippen molar-refractivity contribution in [2.45, 2.75) is 96.0 Å². The highest BCUT2D eigenvalue weighted by Crippen LogP contribution is 2.44. The molecule has 66 heavy (non-hydrogen) atoms. The number of pyridine rings is 2. The van der Waals surface area contributed by atoms with Gasteiger partial charge in [-0.25, -0.2) is 9.97 Å². The number of aryl methyl sites for hydroxylation is 1. The summed E-state index contributed by atoms with van der Waals surface area (Å²) < 4.78 is 1.72. The molecule has 1 spiro atoms. The van der Waals surface area contributed by atoms with Gasteiger partial charge < -0.3 is 25.1 Å². The Bertz CT molecular complexity index is 2850. The average molecular weight is 891 g/mol. The van der Waals surface area contributed by atoms with Crippen molar-refractivity contribution in [2.24, 2.45) is 5.41 Å². The third-order valence-electron chi connectivity index (χ3n) is 15.2. The molecule has 6 aliphatic rings. The van der Waals surface area contributed by atoms with Crippen LogP contribution in [-0.4, -0.2) is 103 Å². The molecule has 3 aromatic heterocycles. The van der Waals surface area contributed by atoms with Crippen LogP contribution in [0.4, 0.5) is 23.1 Å². The summed E-state index contributed by atoms with van der Waals surface area (Å²) in [6, 6.07) is 17.8. The molecule has 0 bridgehead atoms. The maximum absolute atomic E-state index is 13.6. The SMILES string of the molecule is CC(=O)c1c(C)c2cnc(Nc3ccc(N4CC5(CN(c6ccc(CN7CCC(O)(c8ccc9c(c8)CN(C8CCC(=O)NC8=O)C9=O)CC7)cc6)C5)C4)cn3)nc2n(C2CCCC2)c1=O. The van der Waals surface area contributed by atoms with E-state index in [1.807, 2.05) is 24.4 Å². The van der Waals surface area contributed by atoms with E-state index in [4.69, 9.17) is 4.98 Å². The number of nitrogens with zero attached hydrogens (tertiary/aromatic N) is 8. The Kier molecular flexibility index (Phi) is 10.3. The van der Waals surface area contributed by atoms with Gasteiger partial charge in [0.2, 0.25) is 17.8 Å². The molecule has 0 radical (unpaired) electrons. The molecule has 16 heteroatoms. The maximum atomic E-state index is 13.6. The van der Waals surface area contributed by atoms with Crippen LogP contribution in [0.1, 0.15) is 107 Å². The zero-order chi connectivity index (χ0) is 45.5. The van der Waals surface area contributed by atoms with Gasteiger partial charge in [0.05, 0.1) is 23.0 Å². The van der Waals surface area contributed by atoms with E-state index in [0.29, 0.717) is 59.7 Å². The predicted molar refractivity (Wildman–Crippen MR) is 248 cm³/mol. The molecule has 5 aromatic rings. The number of benzene rings is 2. The third-order valence-corrected chi connectivity index (χ3v) is 15.2. The fourth-order valence-corrected chi connectivity index (χ4v) is 11.5. The number of piperidine rings is 2. The number of amides is 3. The lowest BCUT2D eigenvalue weighted by Crippen LogP contribution is -2.72. The molecule has 4 saturated heterocycles. The van der Waals surface area contributed by atoms with Crippen LogP contribution in [0, 0.1) is 12.3 Å². The molecular weight excluding hydrogens is 837 g/mol. The zero-order valence-corrected chi connectivity index (χ0v) is 37.4. The number of likely N-dealkylation sites (tertiary alicyclic amines) is 1. The van der Waals surface area contributed by atoms with Gasteiger partial charge in [-0.3, -0.25) is 38.8 Å². The fourth-order valence-electron chi connectivity index (χ4n) is 11.5. The molecule has 8 heterocycles. The highest BCUT2D eigenvalue weighted by Gasteiger charge is 2.52. The third kappa shape index (κ3) is 7.39. The number of rotatable bonds is 10. The van der Waals surface area contributed by atoms with Crippen LogP contribution < -0.4 is 26.0 Å². The fraction of sp³-hybridized carbons (Fsp3) is 0.440. The molecule has 3 N–H and O–H groups in total. The molecular formula is C50H54N10O6. The van der Waals surface area contributed by atoms with Crippen LogP contribution in [0.25, 0.3) is 11.0 Å². The van der Waals surface area contributed by atoms with Crippen molar-refractivity contribution in [3.05, 3.63) is 111 Å². The number of hydrogen-bond acceptors (Lipinski definition) is 13. The molecule has 5 aliphatic heterocycles. The summed E-state index contributed by atoms with van der Waals surface area (Å²) in [6.07, 6.45) is 9.12. The molecule has 2 aromatic carbocycles. The Hall–Kier alpha value is -6.52. The summed E-state index contributed by atoms with van der Waals surface area (Å²) in [6.45, 7) is 9.76. The molecule has 3 amide bonds. The lowest BCUT2D eigenvalue weighted by atomic mass is 9.72. The Morgan fingerprint density at radius 2 is 1.59 bits per heavy atom. The van der Waals surface area contributed by atoms with Gasteiger partial charge in [0, 0.05) is 93.1 Å². The van der Waals surface area contributed by atoms with Crippen molar-refractivity contribution in [3.63, 3.8) is 0 Å². The average Bonchev–Trinajstić information content (AvgIpc) is 3.92. The molecule has 340 valence electrons. The predicted octanol–water partition coefficient (Wildman–Crippen LogP) is 5.13. The largest absolute Gasteiger partial charge is 0.385 e. The number of nitrogens with one attached hydrogen (secondary N) is 2. The van der Waals surface area contributed by atoms with Gasteiger partial charge in [0.1, 0.15) is 17.5 Å². The van der Waals surface area contributed by atoms with Crippen LogP contribution >= 0.6 is 0 Å². The van der Waals surface area contributed by atoms with E-state index in [1.165, 1.54) is 18.2 Å². The minimum atomic E-state index is -0.996. The Morgan fingerprint density at radius 3 is 2.27 bits per heavy atom. The van der Waals surface area contributed by atoms with Gasteiger partial charge in [0.25, 0.3) is 11.5 Å². The van der Waals surface area contributed by atoms with Gasteiger partial charge in [0.15, 0.2) is 5.78 Å². The van der Waals surface area contributed by atoms with E-state index in [2.05, 4.69) is 65.6 Å². The summed E-state index contributed by atoms with van der Waals surface area (Å²) in [5.74, 6) is -0.221. The smallest absolute Gasteiger partial charge is 0.263 e. The number of aliphatic hydroxyl groups is 1. The lowest BCUT2D eigenvalue weighted by Gasteiger charge is -2.61. The lowest BCUT2D eigenvalue weighted by molar-refractivity contribution is -0.136. The monoisotopic (exact) mass is 890 g/mol. The van der Waals surface area contributed by atoms with E-state index >= 15 is 0 Å². The second-order valence-electron chi connectivity index (χ2n) is 19.6. The summed E-state index contributed by atoms with van der Waals surface area (Å²) in [5, 5.41) is 18.1. The normalized spacial score (nSPS) is 21.5. The maximum Gasteiger partial charge on any atom is 0.263 e. The Morgan fingerprint density at radius 1 is 0.879 bits per heavy atom.